The van der Waals surface area contributed by atoms with Crippen LogP contribution in [0.4, 0.5) is 0 Å². The fourth-order valence-corrected chi connectivity index (χ4v) is 1.81. The van der Waals surface area contributed by atoms with Crippen LogP contribution in [0.3, 0.4) is 0 Å². The average molecular weight is 242 g/mol. The second-order valence-electron chi connectivity index (χ2n) is 3.58. The Hall–Kier alpha value is -1.06. The second-order valence-corrected chi connectivity index (χ2v) is 3.98. The number of halogens is 1. The SMILES string of the molecule is CCOC(=O)C(C)(NC)c1ccccc1Cl. The van der Waals surface area contributed by atoms with Crippen LogP contribution in [-0.4, -0.2) is 19.6 Å². The maximum absolute atomic E-state index is 11.9. The minimum absolute atomic E-state index is 0.328. The Labute approximate surface area is 101 Å². The molecular weight excluding hydrogens is 226 g/mol. The fraction of sp³-hybridized carbons (Fsp3) is 0.417. The number of nitrogens with one attached hydrogen (secondary N) is 1. The van der Waals surface area contributed by atoms with Crippen molar-refractivity contribution in [2.45, 2.75) is 19.4 Å². The molecule has 1 rings (SSSR count). The van der Waals surface area contributed by atoms with E-state index in [1.165, 1.54) is 0 Å². The Balaban J connectivity index is 3.14. The molecule has 0 saturated heterocycles. The number of carbonyl (C=O) groups excluding carboxylic acids is 1. The van der Waals surface area contributed by atoms with Crippen molar-refractivity contribution in [3.63, 3.8) is 0 Å². The van der Waals surface area contributed by atoms with E-state index in [0.29, 0.717) is 11.6 Å². The second kappa shape index (κ2) is 5.32. The monoisotopic (exact) mass is 241 g/mol. The number of rotatable bonds is 4. The predicted octanol–water partition coefficient (Wildman–Crippen LogP) is 2.34. The van der Waals surface area contributed by atoms with Gasteiger partial charge in [0.1, 0.15) is 5.54 Å². The number of carbonyl (C=O) groups is 1. The molecule has 0 fully saturated rings. The van der Waals surface area contributed by atoms with Crippen LogP contribution in [0.2, 0.25) is 5.02 Å². The first kappa shape index (κ1) is 13.0. The van der Waals surface area contributed by atoms with Crippen LogP contribution in [0.15, 0.2) is 24.3 Å². The van der Waals surface area contributed by atoms with E-state index in [4.69, 9.17) is 16.3 Å². The molecule has 0 aliphatic rings. The highest BCUT2D eigenvalue weighted by molar-refractivity contribution is 6.31. The van der Waals surface area contributed by atoms with Crippen LogP contribution < -0.4 is 5.32 Å². The zero-order valence-corrected chi connectivity index (χ0v) is 10.5. The minimum atomic E-state index is -0.908. The first-order valence-electron chi connectivity index (χ1n) is 5.17. The molecule has 4 heteroatoms. The van der Waals surface area contributed by atoms with Gasteiger partial charge in [0, 0.05) is 10.6 Å². The van der Waals surface area contributed by atoms with E-state index in [0.717, 1.165) is 5.56 Å². The molecule has 0 amide bonds. The lowest BCUT2D eigenvalue weighted by molar-refractivity contribution is -0.150. The number of hydrogen-bond donors (Lipinski definition) is 1. The van der Waals surface area contributed by atoms with Gasteiger partial charge in [-0.1, -0.05) is 29.8 Å². The van der Waals surface area contributed by atoms with Crippen molar-refractivity contribution in [2.24, 2.45) is 0 Å². The van der Waals surface area contributed by atoms with Gasteiger partial charge in [0.15, 0.2) is 0 Å². The van der Waals surface area contributed by atoms with Crippen molar-refractivity contribution in [1.29, 1.82) is 0 Å². The highest BCUT2D eigenvalue weighted by Gasteiger charge is 2.36. The highest BCUT2D eigenvalue weighted by Crippen LogP contribution is 2.28. The van der Waals surface area contributed by atoms with Gasteiger partial charge in [0.05, 0.1) is 6.61 Å². The van der Waals surface area contributed by atoms with Gasteiger partial charge in [0.25, 0.3) is 0 Å². The summed E-state index contributed by atoms with van der Waals surface area (Å²) in [5, 5.41) is 3.51. The third-order valence-corrected chi connectivity index (χ3v) is 2.93. The lowest BCUT2D eigenvalue weighted by Gasteiger charge is -2.27. The summed E-state index contributed by atoms with van der Waals surface area (Å²) in [7, 11) is 1.71. The maximum Gasteiger partial charge on any atom is 0.330 e. The summed E-state index contributed by atoms with van der Waals surface area (Å²) in [5.41, 5.74) is -0.188. The quantitative estimate of drug-likeness (QED) is 0.823. The molecule has 1 unspecified atom stereocenters. The van der Waals surface area contributed by atoms with E-state index in [1.54, 1.807) is 27.0 Å². The Kier molecular flexibility index (Phi) is 4.33. The molecule has 0 radical (unpaired) electrons. The van der Waals surface area contributed by atoms with Crippen molar-refractivity contribution in [3.05, 3.63) is 34.9 Å². The summed E-state index contributed by atoms with van der Waals surface area (Å²) in [6.07, 6.45) is 0. The first-order valence-corrected chi connectivity index (χ1v) is 5.55. The van der Waals surface area contributed by atoms with Crippen LogP contribution in [0.25, 0.3) is 0 Å². The number of ether oxygens (including phenoxy) is 1. The third kappa shape index (κ3) is 2.36. The van der Waals surface area contributed by atoms with Gasteiger partial charge < -0.3 is 10.1 Å². The van der Waals surface area contributed by atoms with Crippen LogP contribution >= 0.6 is 11.6 Å². The van der Waals surface area contributed by atoms with E-state index >= 15 is 0 Å². The molecule has 0 aromatic heterocycles. The molecule has 0 spiro atoms. The zero-order valence-electron chi connectivity index (χ0n) is 9.71. The summed E-state index contributed by atoms with van der Waals surface area (Å²) in [6, 6.07) is 7.24. The minimum Gasteiger partial charge on any atom is -0.464 e. The van der Waals surface area contributed by atoms with Crippen LogP contribution in [0.1, 0.15) is 19.4 Å². The van der Waals surface area contributed by atoms with Gasteiger partial charge in [-0.05, 0) is 27.0 Å². The summed E-state index contributed by atoms with van der Waals surface area (Å²) in [5.74, 6) is -0.328. The third-order valence-electron chi connectivity index (χ3n) is 2.60. The number of hydrogen-bond acceptors (Lipinski definition) is 3. The molecule has 1 atom stereocenters. The van der Waals surface area contributed by atoms with Gasteiger partial charge in [-0.25, -0.2) is 4.79 Å². The topological polar surface area (TPSA) is 38.3 Å². The molecule has 16 heavy (non-hydrogen) atoms. The van der Waals surface area contributed by atoms with Crippen molar-refractivity contribution >= 4 is 17.6 Å². The molecule has 1 aromatic carbocycles. The smallest absolute Gasteiger partial charge is 0.330 e. The van der Waals surface area contributed by atoms with Crippen molar-refractivity contribution in [3.8, 4) is 0 Å². The average Bonchev–Trinajstić information content (AvgIpc) is 2.29. The zero-order chi connectivity index (χ0) is 12.2. The van der Waals surface area contributed by atoms with Crippen molar-refractivity contribution < 1.29 is 9.53 Å². The predicted molar refractivity (Wildman–Crippen MR) is 64.5 cm³/mol. The standard InChI is InChI=1S/C12H16ClNO2/c1-4-16-11(15)12(2,14-3)9-7-5-6-8-10(9)13/h5-8,14H,4H2,1-3H3. The normalized spacial score (nSPS) is 14.2. The fourth-order valence-electron chi connectivity index (χ4n) is 1.49. The molecule has 1 N–H and O–H groups in total. The lowest BCUT2D eigenvalue weighted by atomic mass is 9.92. The first-order chi connectivity index (χ1) is 7.56. The van der Waals surface area contributed by atoms with E-state index < -0.39 is 5.54 Å². The van der Waals surface area contributed by atoms with E-state index in [9.17, 15) is 4.79 Å². The molecule has 1 aromatic rings. The molecule has 0 bridgehead atoms. The highest BCUT2D eigenvalue weighted by atomic mass is 35.5. The molecule has 0 heterocycles. The Bertz CT molecular complexity index is 381. The Morgan fingerprint density at radius 3 is 2.62 bits per heavy atom. The summed E-state index contributed by atoms with van der Waals surface area (Å²) in [4.78, 5) is 11.9. The Morgan fingerprint density at radius 1 is 1.50 bits per heavy atom. The lowest BCUT2D eigenvalue weighted by Crippen LogP contribution is -2.46. The molecule has 88 valence electrons. The van der Waals surface area contributed by atoms with Crippen LogP contribution in [0.5, 0.6) is 0 Å². The van der Waals surface area contributed by atoms with Crippen LogP contribution in [0, 0.1) is 0 Å². The number of esters is 1. The van der Waals surface area contributed by atoms with E-state index in [2.05, 4.69) is 5.32 Å². The molecular formula is C12H16ClNO2. The number of benzene rings is 1. The summed E-state index contributed by atoms with van der Waals surface area (Å²) < 4.78 is 5.05. The van der Waals surface area contributed by atoms with Gasteiger partial charge in [-0.15, -0.1) is 0 Å². The van der Waals surface area contributed by atoms with Gasteiger partial charge >= 0.3 is 5.97 Å². The van der Waals surface area contributed by atoms with Gasteiger partial charge in [-0.2, -0.15) is 0 Å². The molecule has 3 nitrogen and oxygen atoms in total. The van der Waals surface area contributed by atoms with Crippen molar-refractivity contribution in [1.82, 2.24) is 5.32 Å². The maximum atomic E-state index is 11.9. The largest absolute Gasteiger partial charge is 0.464 e. The molecule has 0 saturated carbocycles. The van der Waals surface area contributed by atoms with Gasteiger partial charge in [0.2, 0.25) is 0 Å². The van der Waals surface area contributed by atoms with Crippen molar-refractivity contribution in [2.75, 3.05) is 13.7 Å². The molecule has 0 aliphatic carbocycles. The Morgan fingerprint density at radius 2 is 2.12 bits per heavy atom. The summed E-state index contributed by atoms with van der Waals surface area (Å²) >= 11 is 6.08. The van der Waals surface area contributed by atoms with E-state index in [1.807, 2.05) is 18.2 Å². The van der Waals surface area contributed by atoms with E-state index in [-0.39, 0.29) is 5.97 Å². The molecule has 0 aliphatic heterocycles. The number of likely N-dealkylation sites (N-methyl/N-ethyl adjacent to an activating group) is 1. The summed E-state index contributed by atoms with van der Waals surface area (Å²) in [6.45, 7) is 3.88. The van der Waals surface area contributed by atoms with Gasteiger partial charge in [-0.3, -0.25) is 0 Å². The van der Waals surface area contributed by atoms with Crippen LogP contribution in [-0.2, 0) is 15.1 Å².